The van der Waals surface area contributed by atoms with Crippen molar-refractivity contribution in [1.29, 1.82) is 0 Å². The molecule has 1 atom stereocenters. The molecule has 0 rings (SSSR count). The quantitative estimate of drug-likeness (QED) is 0.704. The highest BCUT2D eigenvalue weighted by molar-refractivity contribution is 4.88. The molecule has 0 aliphatic heterocycles. The van der Waals surface area contributed by atoms with Gasteiger partial charge in [-0.15, -0.1) is 0 Å². The molecule has 3 nitrogen and oxygen atoms in total. The first kappa shape index (κ1) is 14.9. The number of hydrogen-bond acceptors (Lipinski definition) is 3. The smallest absolute Gasteiger partial charge is 0.0597 e. The van der Waals surface area contributed by atoms with E-state index in [-0.39, 0.29) is 5.54 Å². The summed E-state index contributed by atoms with van der Waals surface area (Å²) in [6.45, 7) is 13.2. The van der Waals surface area contributed by atoms with Crippen molar-refractivity contribution in [3.63, 3.8) is 0 Å². The molecule has 0 heterocycles. The lowest BCUT2D eigenvalue weighted by Gasteiger charge is -2.41. The molecule has 0 aliphatic rings. The highest BCUT2D eigenvalue weighted by Crippen LogP contribution is 2.21. The van der Waals surface area contributed by atoms with Crippen molar-refractivity contribution in [2.24, 2.45) is 11.7 Å². The van der Waals surface area contributed by atoms with Gasteiger partial charge in [0.25, 0.3) is 0 Å². The maximum absolute atomic E-state index is 5.86. The van der Waals surface area contributed by atoms with Crippen LogP contribution in [0.3, 0.4) is 0 Å². The number of rotatable bonds is 7. The number of nitrogens with zero attached hydrogens (tertiary/aromatic N) is 1. The van der Waals surface area contributed by atoms with Crippen LogP contribution in [0, 0.1) is 5.92 Å². The summed E-state index contributed by atoms with van der Waals surface area (Å²) < 4.78 is 5.55. The van der Waals surface area contributed by atoms with Crippen molar-refractivity contribution in [3.05, 3.63) is 0 Å². The van der Waals surface area contributed by atoms with Gasteiger partial charge in [0, 0.05) is 18.6 Å². The lowest BCUT2D eigenvalue weighted by atomic mass is 9.87. The summed E-state index contributed by atoms with van der Waals surface area (Å²) in [5.41, 5.74) is 5.93. The van der Waals surface area contributed by atoms with E-state index in [9.17, 15) is 0 Å². The lowest BCUT2D eigenvalue weighted by Crippen LogP contribution is -2.54. The van der Waals surface area contributed by atoms with Gasteiger partial charge in [0.15, 0.2) is 0 Å². The van der Waals surface area contributed by atoms with Crippen molar-refractivity contribution in [2.75, 3.05) is 26.7 Å². The Labute approximate surface area is 95.0 Å². The monoisotopic (exact) mass is 216 g/mol. The van der Waals surface area contributed by atoms with Gasteiger partial charge in [-0.2, -0.15) is 0 Å². The molecule has 15 heavy (non-hydrogen) atoms. The Hall–Kier alpha value is -0.120. The summed E-state index contributed by atoms with van der Waals surface area (Å²) in [6, 6.07) is 0. The third kappa shape index (κ3) is 4.49. The highest BCUT2D eigenvalue weighted by atomic mass is 16.5. The second-order valence-corrected chi connectivity index (χ2v) is 5.06. The van der Waals surface area contributed by atoms with Crippen LogP contribution in [0.4, 0.5) is 0 Å². The van der Waals surface area contributed by atoms with Gasteiger partial charge in [-0.3, -0.25) is 4.90 Å². The molecule has 0 saturated heterocycles. The SMILES string of the molecule is CC(C)OCCN(C)C(C)(CN)C(C)C. The van der Waals surface area contributed by atoms with Crippen molar-refractivity contribution in [2.45, 2.75) is 46.3 Å². The topological polar surface area (TPSA) is 38.5 Å². The van der Waals surface area contributed by atoms with E-state index in [1.54, 1.807) is 0 Å². The molecule has 92 valence electrons. The van der Waals surface area contributed by atoms with E-state index in [2.05, 4.69) is 46.6 Å². The van der Waals surface area contributed by atoms with Gasteiger partial charge in [0.05, 0.1) is 12.7 Å². The van der Waals surface area contributed by atoms with E-state index < -0.39 is 0 Å². The van der Waals surface area contributed by atoms with Gasteiger partial charge >= 0.3 is 0 Å². The summed E-state index contributed by atoms with van der Waals surface area (Å²) in [5.74, 6) is 0.548. The molecule has 0 amide bonds. The van der Waals surface area contributed by atoms with Crippen molar-refractivity contribution in [1.82, 2.24) is 4.90 Å². The molecule has 0 radical (unpaired) electrons. The van der Waals surface area contributed by atoms with Gasteiger partial charge in [-0.1, -0.05) is 13.8 Å². The van der Waals surface area contributed by atoms with Gasteiger partial charge in [0.1, 0.15) is 0 Å². The van der Waals surface area contributed by atoms with E-state index >= 15 is 0 Å². The third-order valence-electron chi connectivity index (χ3n) is 3.41. The van der Waals surface area contributed by atoms with Crippen LogP contribution in [-0.2, 0) is 4.74 Å². The van der Waals surface area contributed by atoms with Gasteiger partial charge < -0.3 is 10.5 Å². The minimum absolute atomic E-state index is 0.0698. The van der Waals surface area contributed by atoms with Gasteiger partial charge in [0.2, 0.25) is 0 Å². The second kappa shape index (κ2) is 6.46. The molecule has 1 unspecified atom stereocenters. The zero-order valence-corrected chi connectivity index (χ0v) is 11.2. The fraction of sp³-hybridized carbons (Fsp3) is 1.00. The summed E-state index contributed by atoms with van der Waals surface area (Å²) in [6.07, 6.45) is 0.307. The Morgan fingerprint density at radius 3 is 2.13 bits per heavy atom. The van der Waals surface area contributed by atoms with Crippen molar-refractivity contribution < 1.29 is 4.74 Å². The number of hydrogen-bond donors (Lipinski definition) is 1. The van der Waals surface area contributed by atoms with Crippen LogP contribution >= 0.6 is 0 Å². The molecule has 0 bridgehead atoms. The first-order chi connectivity index (χ1) is 6.84. The van der Waals surface area contributed by atoms with Crippen molar-refractivity contribution >= 4 is 0 Å². The average Bonchev–Trinajstić information content (AvgIpc) is 2.15. The summed E-state index contributed by atoms with van der Waals surface area (Å²) in [5, 5.41) is 0. The fourth-order valence-electron chi connectivity index (χ4n) is 1.51. The van der Waals surface area contributed by atoms with Crippen LogP contribution in [-0.4, -0.2) is 43.3 Å². The zero-order valence-electron chi connectivity index (χ0n) is 11.2. The molecule has 0 aromatic carbocycles. The van der Waals surface area contributed by atoms with E-state index in [0.717, 1.165) is 13.2 Å². The zero-order chi connectivity index (χ0) is 12.1. The Morgan fingerprint density at radius 1 is 1.27 bits per heavy atom. The molecule has 0 fully saturated rings. The summed E-state index contributed by atoms with van der Waals surface area (Å²) in [7, 11) is 2.12. The van der Waals surface area contributed by atoms with E-state index in [4.69, 9.17) is 10.5 Å². The molecule has 0 spiro atoms. The normalized spacial score (nSPS) is 16.4. The van der Waals surface area contributed by atoms with Gasteiger partial charge in [-0.05, 0) is 33.7 Å². The molecule has 2 N–H and O–H groups in total. The van der Waals surface area contributed by atoms with E-state index in [1.807, 2.05) is 0 Å². The average molecular weight is 216 g/mol. The first-order valence-corrected chi connectivity index (χ1v) is 5.87. The van der Waals surface area contributed by atoms with Crippen LogP contribution in [0.1, 0.15) is 34.6 Å². The van der Waals surface area contributed by atoms with Crippen molar-refractivity contribution in [3.8, 4) is 0 Å². The molecule has 3 heteroatoms. The highest BCUT2D eigenvalue weighted by Gasteiger charge is 2.30. The predicted molar refractivity (Wildman–Crippen MR) is 66.0 cm³/mol. The minimum atomic E-state index is 0.0698. The minimum Gasteiger partial charge on any atom is -0.377 e. The van der Waals surface area contributed by atoms with Crippen LogP contribution in [0.15, 0.2) is 0 Å². The molecule has 0 aromatic rings. The fourth-order valence-corrected chi connectivity index (χ4v) is 1.51. The standard InChI is InChI=1S/C12H28N2O/c1-10(2)12(5,9-13)14(6)7-8-15-11(3)4/h10-11H,7-9,13H2,1-6H3. The van der Waals surface area contributed by atoms with Crippen LogP contribution < -0.4 is 5.73 Å². The van der Waals surface area contributed by atoms with E-state index in [1.165, 1.54) is 0 Å². The predicted octanol–water partition coefficient (Wildman–Crippen LogP) is 1.72. The Balaban J connectivity index is 4.10. The van der Waals surface area contributed by atoms with Crippen LogP contribution in [0.25, 0.3) is 0 Å². The Kier molecular flexibility index (Phi) is 6.41. The number of nitrogens with two attached hydrogens (primary N) is 1. The Morgan fingerprint density at radius 2 is 1.80 bits per heavy atom. The van der Waals surface area contributed by atoms with Crippen LogP contribution in [0.2, 0.25) is 0 Å². The first-order valence-electron chi connectivity index (χ1n) is 5.87. The lowest BCUT2D eigenvalue weighted by molar-refractivity contribution is 0.0257. The number of likely N-dealkylation sites (N-methyl/N-ethyl adjacent to an activating group) is 1. The summed E-state index contributed by atoms with van der Waals surface area (Å²) >= 11 is 0. The second-order valence-electron chi connectivity index (χ2n) is 5.06. The maximum Gasteiger partial charge on any atom is 0.0597 e. The third-order valence-corrected chi connectivity index (χ3v) is 3.41. The molecule has 0 aromatic heterocycles. The molecular weight excluding hydrogens is 188 g/mol. The van der Waals surface area contributed by atoms with E-state index in [0.29, 0.717) is 18.6 Å². The van der Waals surface area contributed by atoms with Gasteiger partial charge in [-0.25, -0.2) is 0 Å². The maximum atomic E-state index is 5.86. The molecule has 0 aliphatic carbocycles. The molecular formula is C12H28N2O. The summed E-state index contributed by atoms with van der Waals surface area (Å²) in [4.78, 5) is 2.31. The van der Waals surface area contributed by atoms with Crippen LogP contribution in [0.5, 0.6) is 0 Å². The Bertz CT molecular complexity index is 171. The molecule has 0 saturated carbocycles. The number of ether oxygens (including phenoxy) is 1. The largest absolute Gasteiger partial charge is 0.377 e.